The maximum Gasteiger partial charge on any atom is 0.219 e. The van der Waals surface area contributed by atoms with Crippen LogP contribution in [0.4, 0.5) is 4.39 Å². The molecule has 1 unspecified atom stereocenters. The van der Waals surface area contributed by atoms with Gasteiger partial charge in [-0.3, -0.25) is 4.99 Å². The Balaban J connectivity index is 0.00000420. The highest BCUT2D eigenvalue weighted by atomic mass is 127. The summed E-state index contributed by atoms with van der Waals surface area (Å²) in [6.07, 6.45) is 1.77. The first-order valence-electron chi connectivity index (χ1n) is 9.17. The normalized spacial score (nSPS) is 12.7. The van der Waals surface area contributed by atoms with Gasteiger partial charge in [-0.15, -0.1) is 24.0 Å². The maximum atomic E-state index is 13.2. The molecule has 2 N–H and O–H groups in total. The van der Waals surface area contributed by atoms with Crippen LogP contribution in [0.25, 0.3) is 0 Å². The molecule has 0 spiro atoms. The third kappa shape index (κ3) is 8.53. The molecule has 0 aliphatic carbocycles. The van der Waals surface area contributed by atoms with Gasteiger partial charge in [-0.1, -0.05) is 32.9 Å². The van der Waals surface area contributed by atoms with E-state index in [0.717, 1.165) is 5.56 Å². The van der Waals surface area contributed by atoms with Crippen LogP contribution in [0.3, 0.4) is 0 Å². The first kappa shape index (κ1) is 25.1. The number of halogens is 2. The molecule has 2 rings (SSSR count). The van der Waals surface area contributed by atoms with Crippen molar-refractivity contribution in [1.29, 1.82) is 0 Å². The van der Waals surface area contributed by atoms with Crippen LogP contribution >= 0.6 is 24.0 Å². The van der Waals surface area contributed by atoms with Crippen LogP contribution in [0, 0.1) is 11.2 Å². The molecular formula is C21H30FIN4O2. The molecule has 0 aliphatic heterocycles. The summed E-state index contributed by atoms with van der Waals surface area (Å²) in [5, 5.41) is 6.53. The van der Waals surface area contributed by atoms with E-state index in [2.05, 4.69) is 41.4 Å². The van der Waals surface area contributed by atoms with Gasteiger partial charge in [0, 0.05) is 45.6 Å². The van der Waals surface area contributed by atoms with Gasteiger partial charge in [-0.05, 0) is 23.1 Å². The summed E-state index contributed by atoms with van der Waals surface area (Å²) in [4.78, 5) is 8.49. The predicted molar refractivity (Wildman–Crippen MR) is 125 cm³/mol. The van der Waals surface area contributed by atoms with Crippen molar-refractivity contribution in [3.05, 3.63) is 54.0 Å². The number of aliphatic imine (C=N–C) groups is 1. The van der Waals surface area contributed by atoms with Crippen molar-refractivity contribution in [2.75, 3.05) is 20.7 Å². The van der Waals surface area contributed by atoms with Gasteiger partial charge in [0.1, 0.15) is 11.6 Å². The lowest BCUT2D eigenvalue weighted by Gasteiger charge is -2.30. The van der Waals surface area contributed by atoms with E-state index < -0.39 is 0 Å². The van der Waals surface area contributed by atoms with Crippen LogP contribution in [0.1, 0.15) is 26.3 Å². The summed E-state index contributed by atoms with van der Waals surface area (Å²) in [5.74, 6) is 1.16. The molecule has 1 atom stereocenters. The van der Waals surface area contributed by atoms with Crippen molar-refractivity contribution in [3.8, 4) is 11.6 Å². The summed E-state index contributed by atoms with van der Waals surface area (Å²) in [6, 6.07) is 9.60. The molecule has 0 saturated carbocycles. The van der Waals surface area contributed by atoms with Crippen LogP contribution in [0.5, 0.6) is 11.6 Å². The Labute approximate surface area is 189 Å². The maximum absolute atomic E-state index is 13.2. The minimum atomic E-state index is -0.348. The fourth-order valence-corrected chi connectivity index (χ4v) is 2.57. The van der Waals surface area contributed by atoms with Gasteiger partial charge < -0.3 is 20.1 Å². The lowest BCUT2D eigenvalue weighted by molar-refractivity contribution is 0.0205. The Bertz CT molecular complexity index is 779. The fourth-order valence-electron chi connectivity index (χ4n) is 2.57. The Kier molecular flexibility index (Phi) is 10.3. The van der Waals surface area contributed by atoms with Crippen LogP contribution < -0.4 is 15.4 Å². The first-order chi connectivity index (χ1) is 13.3. The second-order valence-electron chi connectivity index (χ2n) is 7.46. The number of methoxy groups -OCH3 is 1. The SMILES string of the molecule is CN=C(NCc1ccc(Oc2cccc(F)c2)nc1)NCC(OC)C(C)(C)C.I. The van der Waals surface area contributed by atoms with E-state index >= 15 is 0 Å². The highest BCUT2D eigenvalue weighted by molar-refractivity contribution is 14.0. The van der Waals surface area contributed by atoms with Gasteiger partial charge in [0.25, 0.3) is 0 Å². The van der Waals surface area contributed by atoms with Crippen molar-refractivity contribution in [2.45, 2.75) is 33.4 Å². The quantitative estimate of drug-likeness (QED) is 0.325. The summed E-state index contributed by atoms with van der Waals surface area (Å²) in [5.41, 5.74) is 0.996. The molecule has 8 heteroatoms. The monoisotopic (exact) mass is 516 g/mol. The van der Waals surface area contributed by atoms with Crippen LogP contribution in [-0.2, 0) is 11.3 Å². The average Bonchev–Trinajstić information content (AvgIpc) is 2.65. The number of nitrogens with one attached hydrogen (secondary N) is 2. The molecule has 0 amide bonds. The lowest BCUT2D eigenvalue weighted by Crippen LogP contribution is -2.45. The van der Waals surface area contributed by atoms with E-state index in [1.807, 2.05) is 6.07 Å². The third-order valence-electron chi connectivity index (χ3n) is 4.21. The summed E-state index contributed by atoms with van der Waals surface area (Å²) >= 11 is 0. The van der Waals surface area contributed by atoms with Crippen molar-refractivity contribution in [1.82, 2.24) is 15.6 Å². The predicted octanol–water partition coefficient (Wildman–Crippen LogP) is 4.36. The van der Waals surface area contributed by atoms with Gasteiger partial charge in [-0.2, -0.15) is 0 Å². The van der Waals surface area contributed by atoms with Gasteiger partial charge in [0.2, 0.25) is 5.88 Å². The number of hydrogen-bond donors (Lipinski definition) is 2. The number of rotatable bonds is 7. The lowest BCUT2D eigenvalue weighted by atomic mass is 9.89. The fraction of sp³-hybridized carbons (Fsp3) is 0.429. The number of guanidine groups is 1. The van der Waals surface area contributed by atoms with Crippen molar-refractivity contribution < 1.29 is 13.9 Å². The van der Waals surface area contributed by atoms with Crippen molar-refractivity contribution >= 4 is 29.9 Å². The second kappa shape index (κ2) is 11.9. The molecule has 1 heterocycles. The van der Waals surface area contributed by atoms with Crippen LogP contribution in [-0.4, -0.2) is 37.7 Å². The topological polar surface area (TPSA) is 67.8 Å². The Morgan fingerprint density at radius 1 is 1.21 bits per heavy atom. The molecule has 160 valence electrons. The average molecular weight is 516 g/mol. The van der Waals surface area contributed by atoms with E-state index in [9.17, 15) is 4.39 Å². The van der Waals surface area contributed by atoms with Crippen LogP contribution in [0.2, 0.25) is 0 Å². The highest BCUT2D eigenvalue weighted by Crippen LogP contribution is 2.21. The summed E-state index contributed by atoms with van der Waals surface area (Å²) in [6.45, 7) is 7.62. The van der Waals surface area contributed by atoms with E-state index in [-0.39, 0.29) is 41.3 Å². The Hall–Kier alpha value is -1.94. The molecule has 29 heavy (non-hydrogen) atoms. The van der Waals surface area contributed by atoms with Crippen molar-refractivity contribution in [3.63, 3.8) is 0 Å². The molecule has 0 radical (unpaired) electrons. The highest BCUT2D eigenvalue weighted by Gasteiger charge is 2.24. The molecule has 1 aromatic carbocycles. The zero-order chi connectivity index (χ0) is 20.6. The number of pyridine rings is 1. The van der Waals surface area contributed by atoms with Gasteiger partial charge >= 0.3 is 0 Å². The summed E-state index contributed by atoms with van der Waals surface area (Å²) < 4.78 is 24.3. The molecule has 0 aliphatic rings. The van der Waals surface area contributed by atoms with E-state index in [1.165, 1.54) is 12.1 Å². The number of benzene rings is 1. The smallest absolute Gasteiger partial charge is 0.219 e. The number of hydrogen-bond acceptors (Lipinski definition) is 4. The molecule has 0 fully saturated rings. The molecule has 6 nitrogen and oxygen atoms in total. The Morgan fingerprint density at radius 2 is 1.97 bits per heavy atom. The molecular weight excluding hydrogens is 486 g/mol. The largest absolute Gasteiger partial charge is 0.439 e. The van der Waals surface area contributed by atoms with E-state index in [0.29, 0.717) is 30.7 Å². The van der Waals surface area contributed by atoms with Gasteiger partial charge in [0.15, 0.2) is 5.96 Å². The zero-order valence-electron chi connectivity index (χ0n) is 17.5. The number of aromatic nitrogens is 1. The second-order valence-corrected chi connectivity index (χ2v) is 7.46. The zero-order valence-corrected chi connectivity index (χ0v) is 19.9. The molecule has 0 bridgehead atoms. The standard InChI is InChI=1S/C21H29FN4O2.HI/c1-21(2,3)18(27-5)14-26-20(23-4)25-13-15-9-10-19(24-12-15)28-17-8-6-7-16(22)11-17;/h6-12,18H,13-14H2,1-5H3,(H2,23,25,26);1H. The number of ether oxygens (including phenoxy) is 2. The van der Waals surface area contributed by atoms with Crippen LogP contribution in [0.15, 0.2) is 47.6 Å². The minimum Gasteiger partial charge on any atom is -0.439 e. The van der Waals surface area contributed by atoms with Gasteiger partial charge in [-0.25, -0.2) is 9.37 Å². The van der Waals surface area contributed by atoms with E-state index in [4.69, 9.17) is 9.47 Å². The first-order valence-corrected chi connectivity index (χ1v) is 9.17. The Morgan fingerprint density at radius 3 is 2.52 bits per heavy atom. The molecule has 1 aromatic heterocycles. The van der Waals surface area contributed by atoms with Gasteiger partial charge in [0.05, 0.1) is 6.10 Å². The summed E-state index contributed by atoms with van der Waals surface area (Å²) in [7, 11) is 3.44. The molecule has 0 saturated heterocycles. The minimum absolute atomic E-state index is 0. The molecule has 2 aromatic rings. The van der Waals surface area contributed by atoms with Crippen molar-refractivity contribution in [2.24, 2.45) is 10.4 Å². The third-order valence-corrected chi connectivity index (χ3v) is 4.21. The number of nitrogens with zero attached hydrogens (tertiary/aromatic N) is 2. The van der Waals surface area contributed by atoms with E-state index in [1.54, 1.807) is 38.6 Å².